The first-order valence-electron chi connectivity index (χ1n) is 6.51. The minimum atomic E-state index is -0.347. The minimum Gasteiger partial charge on any atom is -0.506 e. The van der Waals surface area contributed by atoms with Gasteiger partial charge < -0.3 is 9.84 Å². The number of hydrogen-bond acceptors (Lipinski definition) is 4. The molecule has 0 bridgehead atoms. The van der Waals surface area contributed by atoms with Crippen molar-refractivity contribution >= 4 is 5.76 Å². The molecule has 2 rings (SSSR count). The lowest BCUT2D eigenvalue weighted by atomic mass is 10.1. The molecule has 0 aliphatic carbocycles. The van der Waals surface area contributed by atoms with Crippen molar-refractivity contribution in [3.8, 4) is 5.75 Å². The number of hydrogen-bond donors (Lipinski definition) is 1. The average molecular weight is 286 g/mol. The predicted molar refractivity (Wildman–Crippen MR) is 81.7 cm³/mol. The number of ether oxygens (including phenoxy) is 1. The number of benzene rings is 1. The zero-order valence-corrected chi connectivity index (χ0v) is 12.4. The largest absolute Gasteiger partial charge is 0.506 e. The van der Waals surface area contributed by atoms with E-state index in [1.54, 1.807) is 7.05 Å². The third-order valence-electron chi connectivity index (χ3n) is 3.30. The Bertz CT molecular complexity index is 730. The molecule has 1 heterocycles. The van der Waals surface area contributed by atoms with E-state index in [2.05, 4.69) is 11.6 Å². The van der Waals surface area contributed by atoms with Crippen LogP contribution in [-0.4, -0.2) is 21.8 Å². The van der Waals surface area contributed by atoms with Gasteiger partial charge in [-0.05, 0) is 12.5 Å². The average Bonchev–Trinajstić information content (AvgIpc) is 2.45. The predicted octanol–water partition coefficient (Wildman–Crippen LogP) is 2.22. The van der Waals surface area contributed by atoms with Crippen LogP contribution in [0.15, 0.2) is 35.6 Å². The van der Waals surface area contributed by atoms with Gasteiger partial charge in [-0.3, -0.25) is 9.36 Å². The number of aromatic nitrogens is 2. The summed E-state index contributed by atoms with van der Waals surface area (Å²) in [5.41, 5.74) is 1.94. The fraction of sp³-hybridized carbons (Fsp3) is 0.250. The summed E-state index contributed by atoms with van der Waals surface area (Å²) in [6.07, 6.45) is 0.482. The van der Waals surface area contributed by atoms with Crippen LogP contribution < -0.4 is 10.3 Å². The molecule has 0 unspecified atom stereocenters. The van der Waals surface area contributed by atoms with Gasteiger partial charge in [0, 0.05) is 13.5 Å². The molecular weight excluding hydrogens is 268 g/mol. The molecule has 0 amide bonds. The maximum Gasteiger partial charge on any atom is 0.296 e. The van der Waals surface area contributed by atoms with E-state index in [0.717, 1.165) is 5.56 Å². The lowest BCUT2D eigenvalue weighted by Crippen LogP contribution is -2.25. The lowest BCUT2D eigenvalue weighted by Gasteiger charge is -2.13. The third-order valence-corrected chi connectivity index (χ3v) is 3.30. The second-order valence-electron chi connectivity index (χ2n) is 4.88. The summed E-state index contributed by atoms with van der Waals surface area (Å²) in [4.78, 5) is 16.5. The monoisotopic (exact) mass is 286 g/mol. The second kappa shape index (κ2) is 5.83. The summed E-state index contributed by atoms with van der Waals surface area (Å²) in [5, 5.41) is 9.59. The van der Waals surface area contributed by atoms with E-state index in [4.69, 9.17) is 4.74 Å². The van der Waals surface area contributed by atoms with Gasteiger partial charge in [-0.1, -0.05) is 36.4 Å². The summed E-state index contributed by atoms with van der Waals surface area (Å²) < 4.78 is 6.44. The molecule has 0 aliphatic rings. The molecule has 0 radical (unpaired) electrons. The molecule has 2 aromatic rings. The molecular formula is C16H18N2O3. The van der Waals surface area contributed by atoms with E-state index in [9.17, 15) is 9.90 Å². The Balaban J connectivity index is 2.51. The molecule has 0 aliphatic heterocycles. The van der Waals surface area contributed by atoms with Crippen molar-refractivity contribution in [2.45, 2.75) is 13.3 Å². The van der Waals surface area contributed by atoms with Gasteiger partial charge in [0.05, 0.1) is 7.11 Å². The first kappa shape index (κ1) is 14.8. The third kappa shape index (κ3) is 2.97. The minimum absolute atomic E-state index is 0.00217. The Morgan fingerprint density at radius 1 is 1.38 bits per heavy atom. The maximum atomic E-state index is 12.2. The van der Waals surface area contributed by atoms with E-state index in [0.29, 0.717) is 12.2 Å². The van der Waals surface area contributed by atoms with Crippen LogP contribution in [0.3, 0.4) is 0 Å². The maximum absolute atomic E-state index is 12.2. The molecule has 1 aromatic carbocycles. The molecule has 21 heavy (non-hydrogen) atoms. The van der Waals surface area contributed by atoms with Crippen molar-refractivity contribution < 1.29 is 9.84 Å². The summed E-state index contributed by atoms with van der Waals surface area (Å²) in [5.74, 6) is 0.252. The van der Waals surface area contributed by atoms with Gasteiger partial charge in [0.2, 0.25) is 5.75 Å². The van der Waals surface area contributed by atoms with Crippen molar-refractivity contribution in [3.05, 3.63) is 63.8 Å². The normalized spacial score (nSPS) is 10.4. The Morgan fingerprint density at radius 2 is 2.00 bits per heavy atom. The highest BCUT2D eigenvalue weighted by Gasteiger charge is 2.17. The van der Waals surface area contributed by atoms with Crippen LogP contribution in [0.25, 0.3) is 5.76 Å². The van der Waals surface area contributed by atoms with Gasteiger partial charge in [0.15, 0.2) is 5.69 Å². The van der Waals surface area contributed by atoms with Gasteiger partial charge in [-0.2, -0.15) is 0 Å². The van der Waals surface area contributed by atoms with Gasteiger partial charge in [0.1, 0.15) is 11.6 Å². The van der Waals surface area contributed by atoms with E-state index in [-0.39, 0.29) is 22.8 Å². The van der Waals surface area contributed by atoms with Crippen LogP contribution in [-0.2, 0) is 13.5 Å². The summed E-state index contributed by atoms with van der Waals surface area (Å²) in [7, 11) is 3.00. The molecule has 5 heteroatoms. The Hall–Kier alpha value is -2.56. The topological polar surface area (TPSA) is 64.4 Å². The van der Waals surface area contributed by atoms with Crippen molar-refractivity contribution in [1.82, 2.24) is 9.55 Å². The summed E-state index contributed by atoms with van der Waals surface area (Å²) >= 11 is 0. The van der Waals surface area contributed by atoms with Crippen LogP contribution in [0.1, 0.15) is 22.6 Å². The number of nitrogens with zero attached hydrogens (tertiary/aromatic N) is 2. The van der Waals surface area contributed by atoms with Crippen molar-refractivity contribution in [2.75, 3.05) is 7.11 Å². The molecule has 0 fully saturated rings. The molecule has 0 saturated carbocycles. The number of aliphatic hydroxyl groups excluding tert-OH is 1. The van der Waals surface area contributed by atoms with Crippen molar-refractivity contribution in [2.24, 2.45) is 7.05 Å². The van der Waals surface area contributed by atoms with Gasteiger partial charge >= 0.3 is 0 Å². The molecule has 0 atom stereocenters. The van der Waals surface area contributed by atoms with E-state index >= 15 is 0 Å². The van der Waals surface area contributed by atoms with Crippen LogP contribution in [0, 0.1) is 6.92 Å². The van der Waals surface area contributed by atoms with E-state index in [1.165, 1.54) is 17.2 Å². The number of methoxy groups -OCH3 is 1. The zero-order valence-electron chi connectivity index (χ0n) is 12.4. The molecule has 1 N–H and O–H groups in total. The van der Waals surface area contributed by atoms with Crippen LogP contribution >= 0.6 is 0 Å². The SMILES string of the molecule is C=C(O)c1nc(Cc2ccc(C)cc2)n(C)c(=O)c1OC. The summed E-state index contributed by atoms with van der Waals surface area (Å²) in [6, 6.07) is 7.98. The quantitative estimate of drug-likeness (QED) is 0.875. The Morgan fingerprint density at radius 3 is 2.52 bits per heavy atom. The number of aliphatic hydroxyl groups is 1. The van der Waals surface area contributed by atoms with Crippen LogP contribution in [0.4, 0.5) is 0 Å². The standard InChI is InChI=1S/C16H18N2O3/c1-10-5-7-12(8-6-10)9-13-17-14(11(2)19)15(21-4)16(20)18(13)3/h5-8,19H,2,9H2,1,3-4H3. The molecule has 5 nitrogen and oxygen atoms in total. The second-order valence-corrected chi connectivity index (χ2v) is 4.88. The Labute approximate surface area is 123 Å². The molecule has 1 aromatic heterocycles. The highest BCUT2D eigenvalue weighted by atomic mass is 16.5. The number of rotatable bonds is 4. The zero-order chi connectivity index (χ0) is 15.6. The highest BCUT2D eigenvalue weighted by Crippen LogP contribution is 2.18. The fourth-order valence-electron chi connectivity index (χ4n) is 2.05. The van der Waals surface area contributed by atoms with E-state index < -0.39 is 0 Å². The highest BCUT2D eigenvalue weighted by molar-refractivity contribution is 5.58. The molecule has 0 spiro atoms. The Kier molecular flexibility index (Phi) is 4.12. The smallest absolute Gasteiger partial charge is 0.296 e. The fourth-order valence-corrected chi connectivity index (χ4v) is 2.05. The van der Waals surface area contributed by atoms with Crippen molar-refractivity contribution in [1.29, 1.82) is 0 Å². The van der Waals surface area contributed by atoms with Crippen molar-refractivity contribution in [3.63, 3.8) is 0 Å². The number of aryl methyl sites for hydroxylation is 1. The van der Waals surface area contributed by atoms with Gasteiger partial charge in [-0.25, -0.2) is 4.98 Å². The van der Waals surface area contributed by atoms with E-state index in [1.807, 2.05) is 31.2 Å². The van der Waals surface area contributed by atoms with Gasteiger partial charge in [-0.15, -0.1) is 0 Å². The first-order valence-corrected chi connectivity index (χ1v) is 6.51. The molecule has 110 valence electrons. The van der Waals surface area contributed by atoms with Crippen LogP contribution in [0.5, 0.6) is 5.75 Å². The lowest BCUT2D eigenvalue weighted by molar-refractivity contribution is 0.393. The summed E-state index contributed by atoms with van der Waals surface area (Å²) in [6.45, 7) is 5.44. The first-order chi connectivity index (χ1) is 9.93. The molecule has 0 saturated heterocycles. The van der Waals surface area contributed by atoms with Gasteiger partial charge in [0.25, 0.3) is 5.56 Å². The van der Waals surface area contributed by atoms with Crippen LogP contribution in [0.2, 0.25) is 0 Å².